The molecule has 3 aromatic rings. The van der Waals surface area contributed by atoms with Crippen molar-refractivity contribution in [2.24, 2.45) is 0 Å². The molecule has 0 radical (unpaired) electrons. The first kappa shape index (κ1) is 30.7. The molecule has 12 heteroatoms. The van der Waals surface area contributed by atoms with E-state index in [4.69, 9.17) is 13.9 Å². The Labute approximate surface area is 248 Å². The van der Waals surface area contributed by atoms with E-state index in [2.05, 4.69) is 21.6 Å². The summed E-state index contributed by atoms with van der Waals surface area (Å²) >= 11 is 0. The van der Waals surface area contributed by atoms with Crippen molar-refractivity contribution in [3.63, 3.8) is 0 Å². The summed E-state index contributed by atoms with van der Waals surface area (Å²) in [5.74, 6) is -0.0475. The monoisotopic (exact) mass is 592 g/mol. The fourth-order valence-corrected chi connectivity index (χ4v) is 5.29. The van der Waals surface area contributed by atoms with Crippen LogP contribution >= 0.6 is 0 Å². The molecule has 2 fully saturated rings. The topological polar surface area (TPSA) is 181 Å². The van der Waals surface area contributed by atoms with Crippen LogP contribution in [-0.4, -0.2) is 108 Å². The molecular formula is C31H36N4O8. The SMILES string of the molecule is C/C(=C(/C#N)C(=O)N[C@H]1C(O)O[C@H](CO)[C@@H](O)[C@@H]1O)c1ccc(-c2ccc3cc(NCCN4CCOCC4)ccc3c2)o1. The number of ether oxygens (including phenoxy) is 2. The summed E-state index contributed by atoms with van der Waals surface area (Å²) in [4.78, 5) is 15.3. The minimum Gasteiger partial charge on any atom is -0.456 e. The van der Waals surface area contributed by atoms with Crippen LogP contribution in [0.4, 0.5) is 5.69 Å². The third kappa shape index (κ3) is 6.90. The highest BCUT2D eigenvalue weighted by molar-refractivity contribution is 6.04. The molecule has 2 saturated heterocycles. The Balaban J connectivity index is 1.26. The fourth-order valence-electron chi connectivity index (χ4n) is 5.29. The van der Waals surface area contributed by atoms with E-state index < -0.39 is 43.2 Å². The number of aliphatic hydroxyl groups is 4. The van der Waals surface area contributed by atoms with Gasteiger partial charge in [0.25, 0.3) is 5.91 Å². The van der Waals surface area contributed by atoms with Crippen molar-refractivity contribution in [2.45, 2.75) is 37.6 Å². The van der Waals surface area contributed by atoms with Crippen molar-refractivity contribution in [1.29, 1.82) is 5.26 Å². The van der Waals surface area contributed by atoms with Gasteiger partial charge in [0.15, 0.2) is 6.29 Å². The smallest absolute Gasteiger partial charge is 0.262 e. The summed E-state index contributed by atoms with van der Waals surface area (Å²) in [5, 5.41) is 57.5. The molecule has 1 aromatic heterocycles. The molecule has 3 heterocycles. The highest BCUT2D eigenvalue weighted by Crippen LogP contribution is 2.31. The predicted octanol–water partition coefficient (Wildman–Crippen LogP) is 1.06. The lowest BCUT2D eigenvalue weighted by atomic mass is 9.96. The van der Waals surface area contributed by atoms with Crippen molar-refractivity contribution in [2.75, 3.05) is 51.3 Å². The second-order valence-corrected chi connectivity index (χ2v) is 10.7. The number of aliphatic hydroxyl groups excluding tert-OH is 4. The van der Waals surface area contributed by atoms with E-state index >= 15 is 0 Å². The van der Waals surface area contributed by atoms with Crippen molar-refractivity contribution in [1.82, 2.24) is 10.2 Å². The van der Waals surface area contributed by atoms with Gasteiger partial charge in [-0.05, 0) is 48.0 Å². The van der Waals surface area contributed by atoms with Gasteiger partial charge in [-0.2, -0.15) is 5.26 Å². The molecule has 6 N–H and O–H groups in total. The summed E-state index contributed by atoms with van der Waals surface area (Å²) in [6.45, 7) is 6.20. The molecule has 2 aromatic carbocycles. The van der Waals surface area contributed by atoms with Crippen molar-refractivity contribution >= 4 is 27.9 Å². The van der Waals surface area contributed by atoms with Gasteiger partial charge in [-0.15, -0.1) is 0 Å². The van der Waals surface area contributed by atoms with Crippen LogP contribution in [0.15, 0.2) is 58.5 Å². The third-order valence-corrected chi connectivity index (χ3v) is 7.87. The van der Waals surface area contributed by atoms with E-state index in [1.165, 1.54) is 0 Å². The molecule has 2 aliphatic rings. The number of hydrogen-bond acceptors (Lipinski definition) is 11. The van der Waals surface area contributed by atoms with Gasteiger partial charge < -0.3 is 45.0 Å². The third-order valence-electron chi connectivity index (χ3n) is 7.87. The first-order chi connectivity index (χ1) is 20.8. The molecule has 228 valence electrons. The lowest BCUT2D eigenvalue weighted by Crippen LogP contribution is -2.64. The zero-order valence-electron chi connectivity index (χ0n) is 23.8. The fraction of sp³-hybridized carbons (Fsp3) is 0.419. The minimum atomic E-state index is -1.70. The van der Waals surface area contributed by atoms with Gasteiger partial charge in [0, 0.05) is 43.0 Å². The maximum Gasteiger partial charge on any atom is 0.262 e. The number of rotatable bonds is 9. The maximum absolute atomic E-state index is 12.9. The van der Waals surface area contributed by atoms with Crippen LogP contribution in [0.5, 0.6) is 0 Å². The largest absolute Gasteiger partial charge is 0.456 e. The number of carbonyl (C=O) groups excluding carboxylic acids is 1. The number of hydrogen-bond donors (Lipinski definition) is 6. The van der Waals surface area contributed by atoms with E-state index in [9.17, 15) is 30.5 Å². The van der Waals surface area contributed by atoms with E-state index in [0.717, 1.165) is 61.4 Å². The summed E-state index contributed by atoms with van der Waals surface area (Å²) in [6.07, 6.45) is -6.10. The van der Waals surface area contributed by atoms with Gasteiger partial charge in [-0.1, -0.05) is 18.2 Å². The summed E-state index contributed by atoms with van der Waals surface area (Å²) < 4.78 is 16.5. The average molecular weight is 593 g/mol. The lowest BCUT2D eigenvalue weighted by Gasteiger charge is -2.40. The van der Waals surface area contributed by atoms with Crippen LogP contribution in [0, 0.1) is 11.3 Å². The number of nitrogens with zero attached hydrogens (tertiary/aromatic N) is 2. The van der Waals surface area contributed by atoms with Gasteiger partial charge in [0.05, 0.1) is 19.8 Å². The van der Waals surface area contributed by atoms with E-state index in [1.54, 1.807) is 19.1 Å². The number of benzene rings is 2. The van der Waals surface area contributed by atoms with Gasteiger partial charge >= 0.3 is 0 Å². The van der Waals surface area contributed by atoms with E-state index in [-0.39, 0.29) is 11.1 Å². The number of furan rings is 1. The number of amides is 1. The number of anilines is 1. The molecule has 1 amide bonds. The first-order valence-corrected chi connectivity index (χ1v) is 14.2. The molecule has 0 bridgehead atoms. The number of allylic oxidation sites excluding steroid dienone is 1. The molecule has 5 rings (SSSR count). The van der Waals surface area contributed by atoms with Crippen LogP contribution in [0.1, 0.15) is 12.7 Å². The van der Waals surface area contributed by atoms with Crippen molar-refractivity contribution in [3.05, 3.63) is 59.9 Å². The van der Waals surface area contributed by atoms with Crippen molar-refractivity contribution in [3.8, 4) is 17.4 Å². The second kappa shape index (κ2) is 13.7. The van der Waals surface area contributed by atoms with E-state index in [0.29, 0.717) is 11.5 Å². The Hall–Kier alpha value is -3.80. The molecule has 1 unspecified atom stereocenters. The Morgan fingerprint density at radius 2 is 1.79 bits per heavy atom. The highest BCUT2D eigenvalue weighted by atomic mass is 16.6. The van der Waals surface area contributed by atoms with Crippen LogP contribution in [-0.2, 0) is 14.3 Å². The standard InChI is InChI=1S/C31H36N4O8/c1-18(23(16-32)30(39)34-27-29(38)28(37)26(17-36)43-31(27)40)24-6-7-25(42-24)21-3-2-20-15-22(5-4-19(20)14-21)33-8-9-35-10-12-41-13-11-35/h2-7,14-15,26-29,31,33,36-38,40H,8-13,17H2,1H3,(H,34,39)/b23-18+/t26-,27-,28-,29-,31?/m1/s1. The molecule has 2 aliphatic heterocycles. The molecular weight excluding hydrogens is 556 g/mol. The summed E-state index contributed by atoms with van der Waals surface area (Å²) in [7, 11) is 0. The Kier molecular flexibility index (Phi) is 9.74. The van der Waals surface area contributed by atoms with Gasteiger partial charge in [-0.25, -0.2) is 0 Å². The predicted molar refractivity (Wildman–Crippen MR) is 158 cm³/mol. The number of morpholine rings is 1. The Morgan fingerprint density at radius 1 is 1.05 bits per heavy atom. The van der Waals surface area contributed by atoms with Crippen LogP contribution in [0.2, 0.25) is 0 Å². The molecule has 0 saturated carbocycles. The Bertz CT molecular complexity index is 1510. The molecule has 0 aliphatic carbocycles. The van der Waals surface area contributed by atoms with Crippen LogP contribution in [0.3, 0.4) is 0 Å². The Morgan fingerprint density at radius 3 is 2.53 bits per heavy atom. The van der Waals surface area contributed by atoms with Crippen LogP contribution < -0.4 is 10.6 Å². The normalized spacial score (nSPS) is 25.2. The lowest BCUT2D eigenvalue weighted by molar-refractivity contribution is -0.253. The van der Waals surface area contributed by atoms with Gasteiger partial charge in [-0.3, -0.25) is 9.69 Å². The number of carbonyl (C=O) groups is 1. The average Bonchev–Trinajstić information content (AvgIpc) is 3.52. The van der Waals surface area contributed by atoms with Crippen LogP contribution in [0.25, 0.3) is 27.7 Å². The number of fused-ring (bicyclic) bond motifs is 1. The first-order valence-electron chi connectivity index (χ1n) is 14.2. The molecule has 12 nitrogen and oxygen atoms in total. The van der Waals surface area contributed by atoms with E-state index in [1.807, 2.05) is 36.4 Å². The number of nitriles is 1. The quantitative estimate of drug-likeness (QED) is 0.154. The molecule has 43 heavy (non-hydrogen) atoms. The number of nitrogens with one attached hydrogen (secondary N) is 2. The summed E-state index contributed by atoms with van der Waals surface area (Å²) in [5.41, 5.74) is 1.81. The molecule has 0 spiro atoms. The van der Waals surface area contributed by atoms with Gasteiger partial charge in [0.1, 0.15) is 47.5 Å². The second-order valence-electron chi connectivity index (χ2n) is 10.7. The maximum atomic E-state index is 12.9. The highest BCUT2D eigenvalue weighted by Gasteiger charge is 2.44. The molecule has 5 atom stereocenters. The minimum absolute atomic E-state index is 0.245. The van der Waals surface area contributed by atoms with Gasteiger partial charge in [0.2, 0.25) is 0 Å². The zero-order valence-corrected chi connectivity index (χ0v) is 23.8. The summed E-state index contributed by atoms with van der Waals surface area (Å²) in [6, 6.07) is 16.0. The zero-order chi connectivity index (χ0) is 30.5. The van der Waals surface area contributed by atoms with Crippen molar-refractivity contribution < 1.29 is 39.1 Å².